The zero-order chi connectivity index (χ0) is 14.7. The highest BCUT2D eigenvalue weighted by molar-refractivity contribution is 9.10. The van der Waals surface area contributed by atoms with Gasteiger partial charge in [0.15, 0.2) is 5.82 Å². The van der Waals surface area contributed by atoms with Crippen LogP contribution >= 0.6 is 27.5 Å². The lowest BCUT2D eigenvalue weighted by Gasteiger charge is -2.10. The summed E-state index contributed by atoms with van der Waals surface area (Å²) >= 11 is 9.46. The van der Waals surface area contributed by atoms with Crippen LogP contribution < -0.4 is 5.32 Å². The molecule has 20 heavy (non-hydrogen) atoms. The largest absolute Gasteiger partial charge is 0.373 e. The number of aromatic nitrogens is 2. The first kappa shape index (κ1) is 15.3. The highest BCUT2D eigenvalue weighted by Gasteiger charge is 2.09. The number of halogens is 2. The summed E-state index contributed by atoms with van der Waals surface area (Å²) in [6, 6.07) is 7.71. The molecule has 0 saturated carbocycles. The van der Waals surface area contributed by atoms with Crippen LogP contribution in [0.5, 0.6) is 0 Å². The number of benzene rings is 1. The SMILES string of the molecule is CNc1cc(CC(C)C)nc(-c2ccc(Cl)c(Br)c2)n1. The number of hydrogen-bond donors (Lipinski definition) is 1. The van der Waals surface area contributed by atoms with Gasteiger partial charge in [-0.2, -0.15) is 0 Å². The number of anilines is 1. The van der Waals surface area contributed by atoms with E-state index in [4.69, 9.17) is 11.6 Å². The lowest BCUT2D eigenvalue weighted by molar-refractivity contribution is 0.635. The minimum Gasteiger partial charge on any atom is -0.373 e. The van der Waals surface area contributed by atoms with Gasteiger partial charge in [0.25, 0.3) is 0 Å². The third-order valence-electron chi connectivity index (χ3n) is 2.83. The summed E-state index contributed by atoms with van der Waals surface area (Å²) in [6.07, 6.45) is 0.930. The molecule has 2 aromatic rings. The van der Waals surface area contributed by atoms with Crippen LogP contribution in [0.1, 0.15) is 19.5 Å². The molecule has 0 spiro atoms. The summed E-state index contributed by atoms with van der Waals surface area (Å²) in [7, 11) is 1.86. The van der Waals surface area contributed by atoms with Gasteiger partial charge in [-0.25, -0.2) is 9.97 Å². The normalized spacial score (nSPS) is 10.9. The Bertz CT molecular complexity index is 614. The Morgan fingerprint density at radius 1 is 1.25 bits per heavy atom. The quantitative estimate of drug-likeness (QED) is 0.857. The number of hydrogen-bond acceptors (Lipinski definition) is 3. The highest BCUT2D eigenvalue weighted by atomic mass is 79.9. The Morgan fingerprint density at radius 2 is 2.00 bits per heavy atom. The van der Waals surface area contributed by atoms with Gasteiger partial charge in [0.2, 0.25) is 0 Å². The number of nitrogens with one attached hydrogen (secondary N) is 1. The van der Waals surface area contributed by atoms with Crippen molar-refractivity contribution >= 4 is 33.3 Å². The van der Waals surface area contributed by atoms with E-state index in [9.17, 15) is 0 Å². The fraction of sp³-hybridized carbons (Fsp3) is 0.333. The van der Waals surface area contributed by atoms with E-state index in [-0.39, 0.29) is 0 Å². The molecule has 0 radical (unpaired) electrons. The summed E-state index contributed by atoms with van der Waals surface area (Å²) in [6.45, 7) is 4.36. The minimum absolute atomic E-state index is 0.555. The molecule has 0 aliphatic rings. The average Bonchev–Trinajstić information content (AvgIpc) is 2.40. The monoisotopic (exact) mass is 353 g/mol. The van der Waals surface area contributed by atoms with E-state index in [1.807, 2.05) is 31.3 Å². The zero-order valence-electron chi connectivity index (χ0n) is 11.7. The van der Waals surface area contributed by atoms with Crippen LogP contribution in [0.4, 0.5) is 5.82 Å². The fourth-order valence-electron chi connectivity index (χ4n) is 1.91. The highest BCUT2D eigenvalue weighted by Crippen LogP contribution is 2.28. The van der Waals surface area contributed by atoms with E-state index < -0.39 is 0 Å². The van der Waals surface area contributed by atoms with Crippen LogP contribution in [0.25, 0.3) is 11.4 Å². The predicted molar refractivity (Wildman–Crippen MR) is 88.3 cm³/mol. The minimum atomic E-state index is 0.555. The molecule has 0 amide bonds. The Hall–Kier alpha value is -1.13. The molecule has 0 bridgehead atoms. The molecule has 0 fully saturated rings. The van der Waals surface area contributed by atoms with E-state index in [2.05, 4.69) is 45.1 Å². The van der Waals surface area contributed by atoms with Gasteiger partial charge in [-0.3, -0.25) is 0 Å². The Labute approximate surface area is 132 Å². The standard InChI is InChI=1S/C15H17BrClN3/c1-9(2)6-11-8-14(18-3)20-15(19-11)10-4-5-13(17)12(16)7-10/h4-5,7-9H,6H2,1-3H3,(H,18,19,20). The average molecular weight is 355 g/mol. The molecule has 0 aliphatic carbocycles. The van der Waals surface area contributed by atoms with Crippen LogP contribution in [0.3, 0.4) is 0 Å². The molecule has 5 heteroatoms. The van der Waals surface area contributed by atoms with Crippen molar-refractivity contribution in [3.63, 3.8) is 0 Å². The van der Waals surface area contributed by atoms with E-state index in [1.165, 1.54) is 0 Å². The van der Waals surface area contributed by atoms with E-state index >= 15 is 0 Å². The van der Waals surface area contributed by atoms with Gasteiger partial charge in [-0.1, -0.05) is 25.4 Å². The van der Waals surface area contributed by atoms with E-state index in [1.54, 1.807) is 0 Å². The summed E-state index contributed by atoms with van der Waals surface area (Å²) in [4.78, 5) is 9.16. The van der Waals surface area contributed by atoms with Gasteiger partial charge < -0.3 is 5.32 Å². The van der Waals surface area contributed by atoms with Crippen molar-refractivity contribution in [3.8, 4) is 11.4 Å². The van der Waals surface area contributed by atoms with Gasteiger partial charge in [-0.05, 0) is 46.5 Å². The van der Waals surface area contributed by atoms with Crippen molar-refractivity contribution in [3.05, 3.63) is 39.5 Å². The van der Waals surface area contributed by atoms with Crippen molar-refractivity contribution in [1.29, 1.82) is 0 Å². The van der Waals surface area contributed by atoms with Gasteiger partial charge in [0.05, 0.1) is 5.02 Å². The van der Waals surface area contributed by atoms with Crippen LogP contribution in [0.15, 0.2) is 28.7 Å². The van der Waals surface area contributed by atoms with Crippen molar-refractivity contribution in [2.45, 2.75) is 20.3 Å². The van der Waals surface area contributed by atoms with Crippen LogP contribution in [-0.4, -0.2) is 17.0 Å². The first-order valence-corrected chi connectivity index (χ1v) is 7.68. The molecule has 1 N–H and O–H groups in total. The van der Waals surface area contributed by atoms with Gasteiger partial charge >= 0.3 is 0 Å². The summed E-state index contributed by atoms with van der Waals surface area (Å²) in [5.74, 6) is 2.10. The number of nitrogens with zero attached hydrogens (tertiary/aromatic N) is 2. The van der Waals surface area contributed by atoms with Crippen LogP contribution in [-0.2, 0) is 6.42 Å². The van der Waals surface area contributed by atoms with Crippen molar-refractivity contribution in [2.24, 2.45) is 5.92 Å². The first-order chi connectivity index (χ1) is 9.49. The topological polar surface area (TPSA) is 37.8 Å². The maximum atomic E-state index is 6.03. The fourth-order valence-corrected chi connectivity index (χ4v) is 2.41. The molecule has 0 unspecified atom stereocenters. The third-order valence-corrected chi connectivity index (χ3v) is 4.04. The van der Waals surface area contributed by atoms with E-state index in [0.717, 1.165) is 28.0 Å². The molecule has 0 aliphatic heterocycles. The molecule has 1 aromatic heterocycles. The molecule has 3 nitrogen and oxygen atoms in total. The lowest BCUT2D eigenvalue weighted by Crippen LogP contribution is -2.03. The van der Waals surface area contributed by atoms with Crippen LogP contribution in [0, 0.1) is 5.92 Å². The smallest absolute Gasteiger partial charge is 0.161 e. The van der Waals surface area contributed by atoms with Gasteiger partial charge in [0, 0.05) is 28.8 Å². The predicted octanol–water partition coefficient (Wildman–Crippen LogP) is 4.80. The maximum Gasteiger partial charge on any atom is 0.161 e. The summed E-state index contributed by atoms with van der Waals surface area (Å²) < 4.78 is 0.848. The van der Waals surface area contributed by atoms with Crippen molar-refractivity contribution in [2.75, 3.05) is 12.4 Å². The molecule has 1 heterocycles. The molecular weight excluding hydrogens is 338 g/mol. The molecular formula is C15H17BrClN3. The Kier molecular flexibility index (Phi) is 5.00. The zero-order valence-corrected chi connectivity index (χ0v) is 14.1. The molecule has 2 rings (SSSR count). The van der Waals surface area contributed by atoms with Gasteiger partial charge in [0.1, 0.15) is 5.82 Å². The van der Waals surface area contributed by atoms with Gasteiger partial charge in [-0.15, -0.1) is 0 Å². The number of rotatable bonds is 4. The molecule has 1 aromatic carbocycles. The molecule has 0 saturated heterocycles. The third kappa shape index (κ3) is 3.70. The molecule has 106 valence electrons. The van der Waals surface area contributed by atoms with Crippen molar-refractivity contribution < 1.29 is 0 Å². The maximum absolute atomic E-state index is 6.03. The van der Waals surface area contributed by atoms with Crippen molar-refractivity contribution in [1.82, 2.24) is 9.97 Å². The summed E-state index contributed by atoms with van der Waals surface area (Å²) in [5, 5.41) is 3.77. The first-order valence-electron chi connectivity index (χ1n) is 6.50. The second-order valence-electron chi connectivity index (χ2n) is 5.04. The second kappa shape index (κ2) is 6.55. The molecule has 0 atom stereocenters. The Balaban J connectivity index is 2.46. The van der Waals surface area contributed by atoms with E-state index in [0.29, 0.717) is 16.8 Å². The second-order valence-corrected chi connectivity index (χ2v) is 6.31. The lowest BCUT2D eigenvalue weighted by atomic mass is 10.1. The summed E-state index contributed by atoms with van der Waals surface area (Å²) in [5.41, 5.74) is 1.99. The van der Waals surface area contributed by atoms with Crippen LogP contribution in [0.2, 0.25) is 5.02 Å². The Morgan fingerprint density at radius 3 is 2.60 bits per heavy atom.